The third kappa shape index (κ3) is 1.22. The maximum atomic E-state index is 10.9. The highest BCUT2D eigenvalue weighted by molar-refractivity contribution is 5.77. The van der Waals surface area contributed by atoms with Crippen molar-refractivity contribution in [1.29, 1.82) is 0 Å². The second-order valence-corrected chi connectivity index (χ2v) is 4.33. The van der Waals surface area contributed by atoms with Crippen LogP contribution in [0.15, 0.2) is 24.3 Å². The number of hydrogen-bond donors (Lipinski definition) is 1. The summed E-state index contributed by atoms with van der Waals surface area (Å²) in [6.45, 7) is 4.08. The molecule has 2 atom stereocenters. The number of aryl methyl sites for hydroxylation is 1. The van der Waals surface area contributed by atoms with Gasteiger partial charge in [-0.3, -0.25) is 4.79 Å². The lowest BCUT2D eigenvalue weighted by Crippen LogP contribution is -2.12. The van der Waals surface area contributed by atoms with E-state index in [1.165, 1.54) is 11.1 Å². The largest absolute Gasteiger partial charge is 0.481 e. The first-order valence-electron chi connectivity index (χ1n) is 4.84. The van der Waals surface area contributed by atoms with Crippen LogP contribution in [0.25, 0.3) is 0 Å². The molecule has 2 nitrogen and oxygen atoms in total. The maximum Gasteiger partial charge on any atom is 0.307 e. The summed E-state index contributed by atoms with van der Waals surface area (Å²) >= 11 is 0. The zero-order chi connectivity index (χ0) is 10.3. The Morgan fingerprint density at radius 2 is 2.14 bits per heavy atom. The fourth-order valence-corrected chi connectivity index (χ4v) is 2.24. The molecule has 1 saturated carbocycles. The predicted molar refractivity (Wildman–Crippen MR) is 54.3 cm³/mol. The van der Waals surface area contributed by atoms with Crippen molar-refractivity contribution in [3.63, 3.8) is 0 Å². The van der Waals surface area contributed by atoms with E-state index < -0.39 is 5.97 Å². The second kappa shape index (κ2) is 2.84. The molecule has 0 spiro atoms. The van der Waals surface area contributed by atoms with Crippen LogP contribution in [0, 0.1) is 12.8 Å². The van der Waals surface area contributed by atoms with Gasteiger partial charge in [0.25, 0.3) is 0 Å². The molecule has 1 aromatic carbocycles. The van der Waals surface area contributed by atoms with E-state index in [1.54, 1.807) is 0 Å². The molecule has 0 heterocycles. The van der Waals surface area contributed by atoms with Crippen molar-refractivity contribution in [3.8, 4) is 0 Å². The molecule has 1 N–H and O–H groups in total. The average Bonchev–Trinajstić information content (AvgIpc) is 2.80. The van der Waals surface area contributed by atoms with E-state index in [1.807, 2.05) is 38.1 Å². The Balaban J connectivity index is 2.34. The molecule has 2 rings (SSSR count). The van der Waals surface area contributed by atoms with Gasteiger partial charge in [0.15, 0.2) is 0 Å². The molecule has 1 aliphatic rings. The van der Waals surface area contributed by atoms with Crippen LogP contribution in [0.4, 0.5) is 0 Å². The molecular formula is C12H14O2. The molecule has 74 valence electrons. The third-order valence-corrected chi connectivity index (χ3v) is 3.30. The maximum absolute atomic E-state index is 10.9. The van der Waals surface area contributed by atoms with Crippen molar-refractivity contribution in [2.24, 2.45) is 5.92 Å². The summed E-state index contributed by atoms with van der Waals surface area (Å²) in [5.74, 6) is -0.862. The Morgan fingerprint density at radius 3 is 2.64 bits per heavy atom. The fraction of sp³-hybridized carbons (Fsp3) is 0.417. The standard InChI is InChI=1S/C12H14O2/c1-8-5-3-4-6-9(8)12(2)7-10(12)11(13)14/h3-6,10H,7H2,1-2H3,(H,13,14)/t10-,12-/m0/s1. The SMILES string of the molecule is Cc1ccccc1[C@]1(C)C[C@H]1C(=O)O. The van der Waals surface area contributed by atoms with Crippen molar-refractivity contribution in [2.45, 2.75) is 25.7 Å². The highest BCUT2D eigenvalue weighted by Gasteiger charge is 2.56. The van der Waals surface area contributed by atoms with Crippen LogP contribution in [-0.2, 0) is 10.2 Å². The van der Waals surface area contributed by atoms with Crippen LogP contribution in [0.2, 0.25) is 0 Å². The van der Waals surface area contributed by atoms with Gasteiger partial charge in [-0.2, -0.15) is 0 Å². The van der Waals surface area contributed by atoms with Crippen molar-refractivity contribution < 1.29 is 9.90 Å². The summed E-state index contributed by atoms with van der Waals surface area (Å²) in [7, 11) is 0. The molecule has 1 fully saturated rings. The van der Waals surface area contributed by atoms with Gasteiger partial charge in [0.1, 0.15) is 0 Å². The highest BCUT2D eigenvalue weighted by atomic mass is 16.4. The molecule has 2 heteroatoms. The smallest absolute Gasteiger partial charge is 0.307 e. The van der Waals surface area contributed by atoms with Crippen LogP contribution in [0.5, 0.6) is 0 Å². The van der Waals surface area contributed by atoms with E-state index in [0.29, 0.717) is 0 Å². The zero-order valence-electron chi connectivity index (χ0n) is 8.45. The number of carboxylic acids is 1. The minimum atomic E-state index is -0.671. The summed E-state index contributed by atoms with van der Waals surface area (Å²) in [6, 6.07) is 8.04. The molecule has 0 aromatic heterocycles. The molecule has 0 unspecified atom stereocenters. The highest BCUT2D eigenvalue weighted by Crippen LogP contribution is 2.54. The normalized spacial score (nSPS) is 30.0. The van der Waals surface area contributed by atoms with E-state index in [0.717, 1.165) is 6.42 Å². The molecule has 0 radical (unpaired) electrons. The van der Waals surface area contributed by atoms with Gasteiger partial charge < -0.3 is 5.11 Å². The summed E-state index contributed by atoms with van der Waals surface area (Å²) in [5, 5.41) is 8.94. The first-order valence-corrected chi connectivity index (χ1v) is 4.84. The number of carbonyl (C=O) groups is 1. The van der Waals surface area contributed by atoms with Gasteiger partial charge in [-0.05, 0) is 24.5 Å². The van der Waals surface area contributed by atoms with Crippen molar-refractivity contribution in [3.05, 3.63) is 35.4 Å². The van der Waals surface area contributed by atoms with Gasteiger partial charge in [-0.25, -0.2) is 0 Å². The summed E-state index contributed by atoms with van der Waals surface area (Å²) in [4.78, 5) is 10.9. The number of benzene rings is 1. The van der Waals surface area contributed by atoms with Crippen LogP contribution >= 0.6 is 0 Å². The number of hydrogen-bond acceptors (Lipinski definition) is 1. The molecule has 0 amide bonds. The minimum absolute atomic E-state index is 0.128. The average molecular weight is 190 g/mol. The van der Waals surface area contributed by atoms with Crippen molar-refractivity contribution >= 4 is 5.97 Å². The van der Waals surface area contributed by atoms with E-state index >= 15 is 0 Å². The Hall–Kier alpha value is -1.31. The zero-order valence-corrected chi connectivity index (χ0v) is 8.45. The Morgan fingerprint density at radius 1 is 1.50 bits per heavy atom. The van der Waals surface area contributed by atoms with E-state index in [2.05, 4.69) is 0 Å². The van der Waals surface area contributed by atoms with Gasteiger partial charge in [0.2, 0.25) is 0 Å². The Kier molecular flexibility index (Phi) is 1.88. The van der Waals surface area contributed by atoms with E-state index in [-0.39, 0.29) is 11.3 Å². The number of carboxylic acid groups (broad SMARTS) is 1. The lowest BCUT2D eigenvalue weighted by molar-refractivity contribution is -0.138. The molecule has 0 aliphatic heterocycles. The summed E-state index contributed by atoms with van der Waals surface area (Å²) in [5.41, 5.74) is 2.25. The molecule has 1 aromatic rings. The first kappa shape index (κ1) is 9.25. The van der Waals surface area contributed by atoms with Crippen LogP contribution in [-0.4, -0.2) is 11.1 Å². The van der Waals surface area contributed by atoms with Crippen LogP contribution in [0.3, 0.4) is 0 Å². The van der Waals surface area contributed by atoms with E-state index in [4.69, 9.17) is 5.11 Å². The van der Waals surface area contributed by atoms with Gasteiger partial charge in [0.05, 0.1) is 5.92 Å². The monoisotopic (exact) mass is 190 g/mol. The quantitative estimate of drug-likeness (QED) is 0.777. The van der Waals surface area contributed by atoms with Gasteiger partial charge in [-0.15, -0.1) is 0 Å². The van der Waals surface area contributed by atoms with Gasteiger partial charge >= 0.3 is 5.97 Å². The lowest BCUT2D eigenvalue weighted by atomic mass is 9.91. The first-order chi connectivity index (χ1) is 6.55. The molecular weight excluding hydrogens is 176 g/mol. The third-order valence-electron chi connectivity index (χ3n) is 3.30. The van der Waals surface area contributed by atoms with Crippen molar-refractivity contribution in [1.82, 2.24) is 0 Å². The van der Waals surface area contributed by atoms with Gasteiger partial charge in [0, 0.05) is 5.41 Å². The summed E-state index contributed by atoms with van der Waals surface area (Å²) in [6.07, 6.45) is 0.771. The molecule has 0 saturated heterocycles. The van der Waals surface area contributed by atoms with Gasteiger partial charge in [-0.1, -0.05) is 31.2 Å². The second-order valence-electron chi connectivity index (χ2n) is 4.33. The van der Waals surface area contributed by atoms with Crippen LogP contribution in [0.1, 0.15) is 24.5 Å². The van der Waals surface area contributed by atoms with E-state index in [9.17, 15) is 4.79 Å². The topological polar surface area (TPSA) is 37.3 Å². The summed E-state index contributed by atoms with van der Waals surface area (Å²) < 4.78 is 0. The molecule has 0 bridgehead atoms. The predicted octanol–water partition coefficient (Wildman–Crippen LogP) is 2.36. The Bertz CT molecular complexity index is 384. The minimum Gasteiger partial charge on any atom is -0.481 e. The van der Waals surface area contributed by atoms with Crippen molar-refractivity contribution in [2.75, 3.05) is 0 Å². The van der Waals surface area contributed by atoms with Crippen LogP contribution < -0.4 is 0 Å². The molecule has 1 aliphatic carbocycles. The molecule has 14 heavy (non-hydrogen) atoms. The number of aliphatic carboxylic acids is 1. The fourth-order valence-electron chi connectivity index (χ4n) is 2.24. The number of rotatable bonds is 2. The Labute approximate surface area is 83.6 Å². The lowest BCUT2D eigenvalue weighted by Gasteiger charge is -2.13.